The summed E-state index contributed by atoms with van der Waals surface area (Å²) in [6.07, 6.45) is 6.17. The molecule has 0 atom stereocenters. The SMILES string of the molecule is C/C(=C(/N)C(=O)N1CCC2(CC1)Cc1ccccc1CN2)c1ncc(Br)cn1. The zero-order valence-corrected chi connectivity index (χ0v) is 17.5. The van der Waals surface area contributed by atoms with Gasteiger partial charge in [-0.15, -0.1) is 0 Å². The molecule has 146 valence electrons. The topological polar surface area (TPSA) is 84.1 Å². The highest BCUT2D eigenvalue weighted by Gasteiger charge is 2.38. The van der Waals surface area contributed by atoms with Gasteiger partial charge in [-0.25, -0.2) is 9.97 Å². The molecule has 28 heavy (non-hydrogen) atoms. The van der Waals surface area contributed by atoms with E-state index in [1.807, 2.05) is 4.90 Å². The summed E-state index contributed by atoms with van der Waals surface area (Å²) < 4.78 is 0.789. The van der Waals surface area contributed by atoms with Crippen molar-refractivity contribution >= 4 is 27.4 Å². The van der Waals surface area contributed by atoms with E-state index in [1.54, 1.807) is 19.3 Å². The first-order chi connectivity index (χ1) is 13.5. The molecule has 2 aliphatic heterocycles. The normalized spacial score (nSPS) is 19.1. The first kappa shape index (κ1) is 19.1. The Bertz CT molecular complexity index is 917. The predicted octanol–water partition coefficient (Wildman–Crippen LogP) is 2.64. The van der Waals surface area contributed by atoms with Gasteiger partial charge in [0.05, 0.1) is 4.47 Å². The third kappa shape index (κ3) is 3.69. The van der Waals surface area contributed by atoms with E-state index in [0.717, 1.165) is 30.3 Å². The summed E-state index contributed by atoms with van der Waals surface area (Å²) in [6.45, 7) is 4.08. The quantitative estimate of drug-likeness (QED) is 0.699. The summed E-state index contributed by atoms with van der Waals surface area (Å²) in [5.41, 5.74) is 9.89. The fourth-order valence-electron chi connectivity index (χ4n) is 4.06. The van der Waals surface area contributed by atoms with E-state index in [0.29, 0.717) is 24.5 Å². The van der Waals surface area contributed by atoms with Gasteiger partial charge in [-0.3, -0.25) is 4.79 Å². The standard InChI is InChI=1S/C21H24BrN5O/c1-14(19-24-12-17(22)13-25-19)18(23)20(28)27-8-6-21(7-9-27)10-15-4-2-3-5-16(15)11-26-21/h2-5,12-13,26H,6-11,23H2,1H3/b18-14-. The molecule has 4 rings (SSSR count). The van der Waals surface area contributed by atoms with Crippen molar-refractivity contribution in [3.05, 3.63) is 63.8 Å². The fourth-order valence-corrected chi connectivity index (χ4v) is 4.27. The Kier molecular flexibility index (Phi) is 5.21. The average Bonchev–Trinajstić information content (AvgIpc) is 2.73. The van der Waals surface area contributed by atoms with E-state index in [-0.39, 0.29) is 17.1 Å². The largest absolute Gasteiger partial charge is 0.394 e. The van der Waals surface area contributed by atoms with Crippen molar-refractivity contribution in [3.8, 4) is 0 Å². The number of halogens is 1. The lowest BCUT2D eigenvalue weighted by Gasteiger charge is -2.45. The van der Waals surface area contributed by atoms with Gasteiger partial charge in [-0.2, -0.15) is 0 Å². The molecule has 0 radical (unpaired) electrons. The average molecular weight is 442 g/mol. The van der Waals surface area contributed by atoms with Crippen molar-refractivity contribution < 1.29 is 4.79 Å². The smallest absolute Gasteiger partial charge is 0.270 e. The number of amides is 1. The van der Waals surface area contributed by atoms with Crippen molar-refractivity contribution in [2.75, 3.05) is 13.1 Å². The molecule has 1 saturated heterocycles. The maximum absolute atomic E-state index is 12.9. The Balaban J connectivity index is 1.44. The van der Waals surface area contributed by atoms with E-state index in [9.17, 15) is 4.79 Å². The summed E-state index contributed by atoms with van der Waals surface area (Å²) in [5, 5.41) is 3.73. The van der Waals surface area contributed by atoms with E-state index < -0.39 is 0 Å². The summed E-state index contributed by atoms with van der Waals surface area (Å²) in [7, 11) is 0. The van der Waals surface area contributed by atoms with E-state index in [1.165, 1.54) is 11.1 Å². The van der Waals surface area contributed by atoms with Crippen LogP contribution in [0.1, 0.15) is 36.7 Å². The third-order valence-corrected chi connectivity index (χ3v) is 6.31. The highest BCUT2D eigenvalue weighted by Crippen LogP contribution is 2.32. The minimum atomic E-state index is -0.130. The van der Waals surface area contributed by atoms with Gasteiger partial charge in [0.2, 0.25) is 0 Å². The van der Waals surface area contributed by atoms with Crippen LogP contribution < -0.4 is 11.1 Å². The second-order valence-electron chi connectivity index (χ2n) is 7.64. The van der Waals surface area contributed by atoms with Crippen molar-refractivity contribution in [1.82, 2.24) is 20.2 Å². The minimum absolute atomic E-state index is 0.0769. The molecule has 1 aromatic heterocycles. The van der Waals surface area contributed by atoms with Crippen LogP contribution in [0.15, 0.2) is 46.8 Å². The molecule has 6 nitrogen and oxygen atoms in total. The van der Waals surface area contributed by atoms with Crippen LogP contribution in [0.3, 0.4) is 0 Å². The molecule has 3 heterocycles. The van der Waals surface area contributed by atoms with Gasteiger partial charge >= 0.3 is 0 Å². The number of nitrogens with two attached hydrogens (primary N) is 1. The lowest BCUT2D eigenvalue weighted by Crippen LogP contribution is -2.57. The number of aromatic nitrogens is 2. The number of carbonyl (C=O) groups excluding carboxylic acids is 1. The molecule has 0 unspecified atom stereocenters. The second-order valence-corrected chi connectivity index (χ2v) is 8.55. The molecular weight excluding hydrogens is 418 g/mol. The Morgan fingerprint density at radius 3 is 2.50 bits per heavy atom. The van der Waals surface area contributed by atoms with Gasteiger partial charge in [0.1, 0.15) is 5.70 Å². The highest BCUT2D eigenvalue weighted by molar-refractivity contribution is 9.10. The number of piperidine rings is 1. The number of hydrogen-bond acceptors (Lipinski definition) is 5. The van der Waals surface area contributed by atoms with Crippen molar-refractivity contribution in [1.29, 1.82) is 0 Å². The molecule has 1 fully saturated rings. The van der Waals surface area contributed by atoms with Gasteiger partial charge in [-0.05, 0) is 53.2 Å². The fraction of sp³-hybridized carbons (Fsp3) is 0.381. The van der Waals surface area contributed by atoms with Gasteiger partial charge < -0.3 is 16.0 Å². The number of likely N-dealkylation sites (tertiary alicyclic amines) is 1. The molecule has 0 bridgehead atoms. The maximum atomic E-state index is 12.9. The van der Waals surface area contributed by atoms with Gasteiger partial charge in [0, 0.05) is 43.1 Å². The molecule has 2 aliphatic rings. The molecule has 2 aromatic rings. The minimum Gasteiger partial charge on any atom is -0.394 e. The lowest BCUT2D eigenvalue weighted by molar-refractivity contribution is -0.128. The number of hydrogen-bond donors (Lipinski definition) is 2. The number of benzene rings is 1. The van der Waals surface area contributed by atoms with Gasteiger partial charge in [0.15, 0.2) is 5.82 Å². The Morgan fingerprint density at radius 1 is 1.18 bits per heavy atom. The first-order valence-electron chi connectivity index (χ1n) is 9.53. The van der Waals surface area contributed by atoms with Crippen LogP contribution in [0.4, 0.5) is 0 Å². The Morgan fingerprint density at radius 2 is 1.82 bits per heavy atom. The lowest BCUT2D eigenvalue weighted by atomic mass is 9.78. The predicted molar refractivity (Wildman–Crippen MR) is 112 cm³/mol. The van der Waals surface area contributed by atoms with Crippen LogP contribution >= 0.6 is 15.9 Å². The van der Waals surface area contributed by atoms with Gasteiger partial charge in [-0.1, -0.05) is 24.3 Å². The van der Waals surface area contributed by atoms with Gasteiger partial charge in [0.25, 0.3) is 5.91 Å². The zero-order valence-electron chi connectivity index (χ0n) is 15.9. The highest BCUT2D eigenvalue weighted by atomic mass is 79.9. The number of fused-ring (bicyclic) bond motifs is 1. The summed E-state index contributed by atoms with van der Waals surface area (Å²) in [4.78, 5) is 23.2. The van der Waals surface area contributed by atoms with E-state index >= 15 is 0 Å². The van der Waals surface area contributed by atoms with Crippen molar-refractivity contribution in [2.45, 2.75) is 38.3 Å². The van der Waals surface area contributed by atoms with Crippen LogP contribution in [0.2, 0.25) is 0 Å². The molecule has 1 aromatic carbocycles. The number of carbonyl (C=O) groups is 1. The van der Waals surface area contributed by atoms with Crippen LogP contribution in [0, 0.1) is 0 Å². The van der Waals surface area contributed by atoms with Crippen molar-refractivity contribution in [3.63, 3.8) is 0 Å². The molecule has 0 aliphatic carbocycles. The van der Waals surface area contributed by atoms with Crippen LogP contribution in [0.5, 0.6) is 0 Å². The monoisotopic (exact) mass is 441 g/mol. The zero-order chi connectivity index (χ0) is 19.7. The summed E-state index contributed by atoms with van der Waals surface area (Å²) in [5.74, 6) is 0.350. The van der Waals surface area contributed by atoms with E-state index in [2.05, 4.69) is 55.5 Å². The molecule has 0 saturated carbocycles. The molecule has 1 spiro atoms. The van der Waals surface area contributed by atoms with Crippen LogP contribution in [-0.4, -0.2) is 39.4 Å². The third-order valence-electron chi connectivity index (χ3n) is 5.90. The molecular formula is C21H24BrN5O. The molecule has 1 amide bonds. The van der Waals surface area contributed by atoms with Crippen LogP contribution in [0.25, 0.3) is 5.57 Å². The number of nitrogens with one attached hydrogen (secondary N) is 1. The number of nitrogens with zero attached hydrogens (tertiary/aromatic N) is 3. The van der Waals surface area contributed by atoms with Crippen LogP contribution in [-0.2, 0) is 17.8 Å². The second kappa shape index (κ2) is 7.64. The summed E-state index contributed by atoms with van der Waals surface area (Å²) >= 11 is 3.31. The Labute approximate surface area is 173 Å². The summed E-state index contributed by atoms with van der Waals surface area (Å²) in [6, 6.07) is 8.60. The maximum Gasteiger partial charge on any atom is 0.270 e. The number of rotatable bonds is 2. The first-order valence-corrected chi connectivity index (χ1v) is 10.3. The molecule has 7 heteroatoms. The Hall–Kier alpha value is -2.25. The molecule has 3 N–H and O–H groups in total. The number of allylic oxidation sites excluding steroid dienone is 1. The van der Waals surface area contributed by atoms with Crippen molar-refractivity contribution in [2.24, 2.45) is 5.73 Å². The van der Waals surface area contributed by atoms with E-state index in [4.69, 9.17) is 5.73 Å².